The highest BCUT2D eigenvalue weighted by Crippen LogP contribution is 2.38. The van der Waals surface area contributed by atoms with Gasteiger partial charge in [0.1, 0.15) is 17.7 Å². The third-order valence-corrected chi connectivity index (χ3v) is 8.09. The molecule has 38 heavy (non-hydrogen) atoms. The van der Waals surface area contributed by atoms with Crippen LogP contribution in [0.2, 0.25) is 0 Å². The Morgan fingerprint density at radius 1 is 1.29 bits per heavy atom. The van der Waals surface area contributed by atoms with Gasteiger partial charge in [-0.2, -0.15) is 0 Å². The predicted molar refractivity (Wildman–Crippen MR) is 143 cm³/mol. The summed E-state index contributed by atoms with van der Waals surface area (Å²) in [5.41, 5.74) is 3.74. The largest absolute Gasteiger partial charge is 0.480 e. The van der Waals surface area contributed by atoms with Crippen molar-refractivity contribution >= 4 is 11.8 Å². The quantitative estimate of drug-likeness (QED) is 0.361. The van der Waals surface area contributed by atoms with Crippen LogP contribution in [0.5, 0.6) is 0 Å². The molecule has 5 rings (SSSR count). The first-order valence-corrected chi connectivity index (χ1v) is 13.9. The Morgan fingerprint density at radius 3 is 2.95 bits per heavy atom. The number of likely N-dealkylation sites (N-methyl/N-ethyl adjacent to an activating group) is 1. The van der Waals surface area contributed by atoms with Crippen molar-refractivity contribution in [2.75, 3.05) is 25.6 Å². The minimum atomic E-state index is -0.969. The number of hydrogen-bond donors (Lipinski definition) is 2. The average Bonchev–Trinajstić information content (AvgIpc) is 2.90. The maximum absolute atomic E-state index is 14.3. The number of aromatic nitrogens is 1. The minimum Gasteiger partial charge on any atom is -0.480 e. The van der Waals surface area contributed by atoms with Gasteiger partial charge >= 0.3 is 5.97 Å². The molecule has 7 nitrogen and oxygen atoms in total. The lowest BCUT2D eigenvalue weighted by Gasteiger charge is -2.43. The number of fused-ring (bicyclic) bond motifs is 1. The van der Waals surface area contributed by atoms with Crippen LogP contribution in [-0.4, -0.2) is 53.4 Å². The van der Waals surface area contributed by atoms with Crippen LogP contribution in [0.3, 0.4) is 0 Å². The highest BCUT2D eigenvalue weighted by atomic mass is 19.1. The van der Waals surface area contributed by atoms with Gasteiger partial charge in [0.2, 0.25) is 0 Å². The highest BCUT2D eigenvalue weighted by Gasteiger charge is 2.40. The molecule has 204 valence electrons. The van der Waals surface area contributed by atoms with E-state index < -0.39 is 17.8 Å². The number of allylic oxidation sites excluding steroid dienone is 2. The number of ether oxygens (including phenoxy) is 2. The maximum Gasteiger partial charge on any atom is 0.325 e. The number of carbonyl (C=O) groups is 1. The molecule has 1 saturated carbocycles. The number of anilines is 1. The van der Waals surface area contributed by atoms with Crippen molar-refractivity contribution in [3.8, 4) is 0 Å². The number of carboxylic acid groups (broad SMARTS) is 1. The molecule has 3 heterocycles. The Morgan fingerprint density at radius 2 is 2.16 bits per heavy atom. The van der Waals surface area contributed by atoms with Gasteiger partial charge in [-0.25, -0.2) is 9.37 Å². The van der Waals surface area contributed by atoms with Gasteiger partial charge in [0.15, 0.2) is 0 Å². The van der Waals surface area contributed by atoms with Gasteiger partial charge in [0, 0.05) is 31.1 Å². The zero-order valence-corrected chi connectivity index (χ0v) is 22.1. The van der Waals surface area contributed by atoms with Crippen molar-refractivity contribution in [1.29, 1.82) is 0 Å². The van der Waals surface area contributed by atoms with Crippen molar-refractivity contribution in [2.24, 2.45) is 0 Å². The number of nitrogens with one attached hydrogen (secondary N) is 1. The molecule has 0 spiro atoms. The molecule has 2 N–H and O–H groups in total. The van der Waals surface area contributed by atoms with Crippen molar-refractivity contribution in [2.45, 2.75) is 82.1 Å². The fourth-order valence-electron chi connectivity index (χ4n) is 5.79. The summed E-state index contributed by atoms with van der Waals surface area (Å²) in [6.07, 6.45) is 12.3. The van der Waals surface area contributed by atoms with Crippen molar-refractivity contribution in [3.05, 3.63) is 70.8 Å². The number of halogens is 1. The second-order valence-electron chi connectivity index (χ2n) is 10.7. The number of nitrogens with zero attached hydrogens (tertiary/aromatic N) is 2. The van der Waals surface area contributed by atoms with Crippen LogP contribution in [0.15, 0.2) is 48.3 Å². The van der Waals surface area contributed by atoms with Crippen LogP contribution < -0.4 is 5.32 Å². The smallest absolute Gasteiger partial charge is 0.325 e. The lowest BCUT2D eigenvalue weighted by Crippen LogP contribution is -2.49. The molecule has 1 aliphatic carbocycles. The van der Waals surface area contributed by atoms with E-state index >= 15 is 0 Å². The molecule has 2 fully saturated rings. The summed E-state index contributed by atoms with van der Waals surface area (Å²) in [7, 11) is 1.83. The summed E-state index contributed by atoms with van der Waals surface area (Å²) in [4.78, 5) is 18.7. The molecule has 1 unspecified atom stereocenters. The predicted octanol–water partition coefficient (Wildman–Crippen LogP) is 5.79. The number of pyridine rings is 1. The lowest BCUT2D eigenvalue weighted by atomic mass is 9.85. The fourth-order valence-corrected chi connectivity index (χ4v) is 5.79. The van der Waals surface area contributed by atoms with E-state index in [9.17, 15) is 14.3 Å². The van der Waals surface area contributed by atoms with Crippen LogP contribution in [0, 0.1) is 5.82 Å². The van der Waals surface area contributed by atoms with Gasteiger partial charge in [-0.3, -0.25) is 9.69 Å². The Hall–Kier alpha value is -2.81. The lowest BCUT2D eigenvalue weighted by molar-refractivity contribution is -0.146. The molecule has 1 saturated heterocycles. The van der Waals surface area contributed by atoms with Crippen molar-refractivity contribution in [1.82, 2.24) is 9.88 Å². The van der Waals surface area contributed by atoms with Crippen LogP contribution in [0.4, 0.5) is 10.2 Å². The van der Waals surface area contributed by atoms with Gasteiger partial charge in [-0.05, 0) is 99.7 Å². The van der Waals surface area contributed by atoms with Gasteiger partial charge in [0.25, 0.3) is 0 Å². The van der Waals surface area contributed by atoms with Crippen LogP contribution in [-0.2, 0) is 20.7 Å². The Bertz CT molecular complexity index is 1140. The average molecular weight is 524 g/mol. The fraction of sp³-hybridized carbons (Fsp3) is 0.533. The molecule has 1 aromatic heterocycles. The van der Waals surface area contributed by atoms with E-state index in [4.69, 9.17) is 9.47 Å². The van der Waals surface area contributed by atoms with Crippen LogP contribution >= 0.6 is 0 Å². The molecule has 3 aliphatic rings. The highest BCUT2D eigenvalue weighted by molar-refractivity contribution is 5.76. The first-order chi connectivity index (χ1) is 18.5. The molecule has 1 aromatic carbocycles. The molecule has 0 amide bonds. The first-order valence-electron chi connectivity index (χ1n) is 13.9. The van der Waals surface area contributed by atoms with Gasteiger partial charge in [0.05, 0.1) is 12.2 Å². The van der Waals surface area contributed by atoms with Crippen molar-refractivity contribution < 1.29 is 23.8 Å². The normalized spacial score (nSPS) is 23.7. The number of unbranched alkanes of at least 4 members (excludes halogenated alkanes) is 1. The summed E-state index contributed by atoms with van der Waals surface area (Å²) in [6.45, 7) is 1.34. The number of rotatable bonds is 11. The van der Waals surface area contributed by atoms with Gasteiger partial charge in [-0.1, -0.05) is 18.2 Å². The molecule has 0 radical (unpaired) electrons. The van der Waals surface area contributed by atoms with E-state index in [1.54, 1.807) is 6.07 Å². The van der Waals surface area contributed by atoms with E-state index in [2.05, 4.69) is 22.4 Å². The molecule has 2 aromatic rings. The summed E-state index contributed by atoms with van der Waals surface area (Å²) in [6, 6.07) is 7.69. The summed E-state index contributed by atoms with van der Waals surface area (Å²) < 4.78 is 26.3. The monoisotopic (exact) mass is 523 g/mol. The third-order valence-electron chi connectivity index (χ3n) is 8.09. The second-order valence-corrected chi connectivity index (χ2v) is 10.7. The molecule has 0 bridgehead atoms. The van der Waals surface area contributed by atoms with Crippen LogP contribution in [0.25, 0.3) is 0 Å². The van der Waals surface area contributed by atoms with E-state index in [-0.39, 0.29) is 18.2 Å². The molecule has 2 aliphatic heterocycles. The molecular formula is C30H38FN3O4. The first kappa shape index (κ1) is 26.8. The number of aliphatic carboxylic acids is 1. The summed E-state index contributed by atoms with van der Waals surface area (Å²) in [5.74, 6) is -0.432. The number of benzene rings is 1. The van der Waals surface area contributed by atoms with Crippen molar-refractivity contribution in [3.63, 3.8) is 0 Å². The maximum atomic E-state index is 14.3. The van der Waals surface area contributed by atoms with E-state index in [0.29, 0.717) is 18.8 Å². The third kappa shape index (κ3) is 6.25. The number of carboxylic acids is 1. The standard InChI is InChI=1S/C30H38FN3O4/c1-34(28(30(35)36)26-17-21(31)11-13-25(26)27-9-3-5-16-38-27)23-18-24(19-23)37-15-4-2-8-22-12-10-20-7-6-14-32-29(20)33-22/h6-7,11-14,17,23-24,27-28H,2-5,8-10,15-16,18-19H2,1H3,(H,32,33)(H,35,36)/t23?,24?,27-,28?/m0/s1. The van der Waals surface area contributed by atoms with E-state index in [1.807, 2.05) is 24.2 Å². The zero-order chi connectivity index (χ0) is 26.5. The minimum absolute atomic E-state index is 0.0775. The topological polar surface area (TPSA) is 83.9 Å². The second kappa shape index (κ2) is 12.4. The zero-order valence-electron chi connectivity index (χ0n) is 22.1. The summed E-state index contributed by atoms with van der Waals surface area (Å²) in [5, 5.41) is 13.6. The number of hydrogen-bond acceptors (Lipinski definition) is 6. The van der Waals surface area contributed by atoms with Gasteiger partial charge in [-0.15, -0.1) is 0 Å². The van der Waals surface area contributed by atoms with E-state index in [1.165, 1.54) is 23.4 Å². The molecular weight excluding hydrogens is 485 g/mol. The Labute approximate surface area is 224 Å². The van der Waals surface area contributed by atoms with E-state index in [0.717, 1.165) is 69.2 Å². The molecule has 2 atom stereocenters. The van der Waals surface area contributed by atoms with Gasteiger partial charge < -0.3 is 19.9 Å². The van der Waals surface area contributed by atoms with Crippen LogP contribution in [0.1, 0.15) is 80.2 Å². The Balaban J connectivity index is 1.08. The SMILES string of the molecule is CN(C1CC(OCCCCC2=CCc3cccnc3N2)C1)C(C(=O)O)c1cc(F)ccc1[C@@H]1CCCCO1. The molecule has 8 heteroatoms. The summed E-state index contributed by atoms with van der Waals surface area (Å²) >= 11 is 0. The Kier molecular flexibility index (Phi) is 8.72.